The molecule has 15 nitrogen and oxygen atoms in total. The van der Waals surface area contributed by atoms with E-state index in [0.717, 1.165) is 130 Å². The van der Waals surface area contributed by atoms with Crippen molar-refractivity contribution in [1.29, 1.82) is 0 Å². The van der Waals surface area contributed by atoms with Crippen LogP contribution in [-0.4, -0.2) is 155 Å². The van der Waals surface area contributed by atoms with Gasteiger partial charge in [-0.1, -0.05) is 6.58 Å². The molecule has 2 aromatic heterocycles. The summed E-state index contributed by atoms with van der Waals surface area (Å²) in [5, 5.41) is 11.4. The molecule has 4 aromatic rings. The summed E-state index contributed by atoms with van der Waals surface area (Å²) < 4.78 is 5.93. The number of imide groups is 1. The molecule has 9 rings (SSSR count). The highest BCUT2D eigenvalue weighted by molar-refractivity contribution is 6.23. The number of piperazine rings is 2. The number of benzene rings is 2. The van der Waals surface area contributed by atoms with Crippen molar-refractivity contribution >= 4 is 40.1 Å². The topological polar surface area (TPSA) is 146 Å². The fourth-order valence-corrected chi connectivity index (χ4v) is 9.35. The lowest BCUT2D eigenvalue weighted by molar-refractivity contribution is -0.125. The first kappa shape index (κ1) is 39.1. The maximum Gasteiger partial charge on any atom is 0.262 e. The fourth-order valence-electron chi connectivity index (χ4n) is 9.35. The van der Waals surface area contributed by atoms with Crippen LogP contribution in [0.3, 0.4) is 0 Å². The Morgan fingerprint density at radius 3 is 2.24 bits per heavy atom. The average Bonchev–Trinajstić information content (AvgIpc) is 3.78. The third-order valence-electron chi connectivity index (χ3n) is 12.7. The molecule has 0 bridgehead atoms. The van der Waals surface area contributed by atoms with Gasteiger partial charge in [0.05, 0.1) is 28.4 Å². The number of ether oxygens (including phenoxy) is 1. The molecule has 2 aromatic carbocycles. The minimum absolute atomic E-state index is 0.0948. The Morgan fingerprint density at radius 1 is 0.780 bits per heavy atom. The number of anilines is 2. The van der Waals surface area contributed by atoms with Crippen molar-refractivity contribution in [2.75, 3.05) is 94.9 Å². The Morgan fingerprint density at radius 2 is 1.49 bits per heavy atom. The van der Waals surface area contributed by atoms with Crippen LogP contribution in [-0.2, 0) is 4.79 Å². The molecule has 0 spiro atoms. The van der Waals surface area contributed by atoms with Crippen LogP contribution in [0.25, 0.3) is 22.3 Å². The number of hydrogen-bond donors (Lipinski definition) is 2. The van der Waals surface area contributed by atoms with Crippen molar-refractivity contribution in [2.24, 2.45) is 5.92 Å². The summed E-state index contributed by atoms with van der Waals surface area (Å²) in [6, 6.07) is 12.8. The highest BCUT2D eigenvalue weighted by Gasteiger charge is 2.44. The molecule has 1 unspecified atom stereocenters. The van der Waals surface area contributed by atoms with Gasteiger partial charge < -0.3 is 24.8 Å². The van der Waals surface area contributed by atoms with Crippen molar-refractivity contribution in [3.63, 3.8) is 0 Å². The second-order valence-electron chi connectivity index (χ2n) is 17.0. The number of nitrogens with one attached hydrogen (secondary N) is 2. The van der Waals surface area contributed by atoms with Crippen LogP contribution in [0.4, 0.5) is 11.5 Å². The highest BCUT2D eigenvalue weighted by Crippen LogP contribution is 2.33. The fraction of sp³-hybridized carbons (Fsp3) is 0.500. The van der Waals surface area contributed by atoms with E-state index in [1.807, 2.05) is 44.2 Å². The first-order chi connectivity index (χ1) is 28.7. The maximum absolute atomic E-state index is 13.4. The lowest BCUT2D eigenvalue weighted by Crippen LogP contribution is -2.51. The van der Waals surface area contributed by atoms with Gasteiger partial charge in [0.25, 0.3) is 11.8 Å². The Labute approximate surface area is 345 Å². The van der Waals surface area contributed by atoms with Crippen molar-refractivity contribution in [3.05, 3.63) is 72.2 Å². The van der Waals surface area contributed by atoms with Gasteiger partial charge in [-0.3, -0.25) is 34.2 Å². The lowest BCUT2D eigenvalue weighted by Gasteiger charge is -2.40. The molecule has 0 radical (unpaired) electrons. The van der Waals surface area contributed by atoms with E-state index in [4.69, 9.17) is 4.74 Å². The molecule has 15 heteroatoms. The highest BCUT2D eigenvalue weighted by atomic mass is 16.5. The van der Waals surface area contributed by atoms with E-state index in [2.05, 4.69) is 62.6 Å². The minimum atomic E-state index is -0.795. The van der Waals surface area contributed by atoms with Gasteiger partial charge in [-0.2, -0.15) is 5.10 Å². The summed E-state index contributed by atoms with van der Waals surface area (Å²) in [6.07, 6.45) is 5.15. The van der Waals surface area contributed by atoms with Crippen LogP contribution in [0.5, 0.6) is 5.75 Å². The Balaban J connectivity index is 0.695. The summed E-state index contributed by atoms with van der Waals surface area (Å²) in [5.74, 6) is 1.35. The Kier molecular flexibility index (Phi) is 11.1. The van der Waals surface area contributed by atoms with Gasteiger partial charge in [0, 0.05) is 94.8 Å². The molecule has 0 aliphatic carbocycles. The lowest BCUT2D eigenvalue weighted by atomic mass is 9.96. The van der Waals surface area contributed by atoms with E-state index in [1.165, 1.54) is 12.8 Å². The molecule has 5 aliphatic rings. The SMILES string of the molecule is C=C1CCC(N2C(=O)c3ccc(N4CCN(CC5CCN(CCN6CCN(c7cc(-c8n[nH]c9ccc(OC(C)C)cc89)ncn7)CC6)CC5)CC4)cc3C2=O)C(=O)N1. The van der Waals surface area contributed by atoms with Crippen molar-refractivity contribution < 1.29 is 19.1 Å². The van der Waals surface area contributed by atoms with E-state index >= 15 is 0 Å². The van der Waals surface area contributed by atoms with E-state index in [9.17, 15) is 14.4 Å². The summed E-state index contributed by atoms with van der Waals surface area (Å²) >= 11 is 0. The van der Waals surface area contributed by atoms with Gasteiger partial charge in [0.15, 0.2) is 0 Å². The number of nitrogens with zero attached hydrogens (tertiary/aromatic N) is 9. The summed E-state index contributed by atoms with van der Waals surface area (Å²) in [7, 11) is 0. The number of hydrogen-bond acceptors (Lipinski definition) is 12. The monoisotopic (exact) mass is 801 g/mol. The zero-order valence-corrected chi connectivity index (χ0v) is 34.2. The van der Waals surface area contributed by atoms with Crippen LogP contribution in [0.1, 0.15) is 60.2 Å². The van der Waals surface area contributed by atoms with Crippen LogP contribution in [0.15, 0.2) is 61.1 Å². The predicted molar refractivity (Wildman–Crippen MR) is 227 cm³/mol. The number of carbonyl (C=O) groups excluding carboxylic acids is 3. The summed E-state index contributed by atoms with van der Waals surface area (Å²) in [5.41, 5.74) is 4.91. The first-order valence-corrected chi connectivity index (χ1v) is 21.3. The van der Waals surface area contributed by atoms with Crippen LogP contribution >= 0.6 is 0 Å². The Bertz CT molecular complexity index is 2220. The van der Waals surface area contributed by atoms with Crippen LogP contribution in [0.2, 0.25) is 0 Å². The number of aromatic amines is 1. The number of piperidine rings is 2. The first-order valence-electron chi connectivity index (χ1n) is 21.3. The number of amides is 3. The van der Waals surface area contributed by atoms with Gasteiger partial charge in [0.2, 0.25) is 5.91 Å². The second-order valence-corrected chi connectivity index (χ2v) is 17.0. The number of carbonyl (C=O) groups is 3. The molecule has 59 heavy (non-hydrogen) atoms. The minimum Gasteiger partial charge on any atom is -0.491 e. The van der Waals surface area contributed by atoms with E-state index in [-0.39, 0.29) is 23.8 Å². The molecule has 2 N–H and O–H groups in total. The van der Waals surface area contributed by atoms with Crippen molar-refractivity contribution in [2.45, 2.75) is 51.7 Å². The summed E-state index contributed by atoms with van der Waals surface area (Å²) in [4.78, 5) is 62.0. The van der Waals surface area contributed by atoms with Gasteiger partial charge in [0.1, 0.15) is 29.6 Å². The van der Waals surface area contributed by atoms with E-state index < -0.39 is 6.04 Å². The van der Waals surface area contributed by atoms with Crippen LogP contribution in [0, 0.1) is 5.92 Å². The number of allylic oxidation sites excluding steroid dienone is 1. The van der Waals surface area contributed by atoms with Crippen LogP contribution < -0.4 is 19.9 Å². The molecule has 1 atom stereocenters. The number of fused-ring (bicyclic) bond motifs is 2. The van der Waals surface area contributed by atoms with Gasteiger partial charge in [-0.15, -0.1) is 0 Å². The third kappa shape index (κ3) is 8.28. The van der Waals surface area contributed by atoms with Crippen molar-refractivity contribution in [3.8, 4) is 17.1 Å². The molecular weight excluding hydrogens is 747 g/mol. The summed E-state index contributed by atoms with van der Waals surface area (Å²) in [6.45, 7) is 21.1. The molecule has 4 fully saturated rings. The maximum atomic E-state index is 13.4. The molecule has 0 saturated carbocycles. The molecule has 7 heterocycles. The number of aromatic nitrogens is 4. The van der Waals surface area contributed by atoms with Gasteiger partial charge in [-0.05, 0) is 94.9 Å². The zero-order chi connectivity index (χ0) is 40.6. The third-order valence-corrected chi connectivity index (χ3v) is 12.7. The molecule has 310 valence electrons. The normalized spacial score (nSPS) is 21.5. The number of H-pyrrole nitrogens is 1. The van der Waals surface area contributed by atoms with E-state index in [0.29, 0.717) is 35.6 Å². The quantitative estimate of drug-likeness (QED) is 0.213. The molecule has 3 amide bonds. The number of rotatable bonds is 11. The van der Waals surface area contributed by atoms with Gasteiger partial charge in [-0.25, -0.2) is 9.97 Å². The van der Waals surface area contributed by atoms with Crippen molar-refractivity contribution in [1.82, 2.24) is 45.1 Å². The largest absolute Gasteiger partial charge is 0.491 e. The molecule has 4 saturated heterocycles. The zero-order valence-electron chi connectivity index (χ0n) is 34.2. The van der Waals surface area contributed by atoms with Gasteiger partial charge >= 0.3 is 0 Å². The smallest absolute Gasteiger partial charge is 0.262 e. The molecular formula is C44H55N11O4. The predicted octanol–water partition coefficient (Wildman–Crippen LogP) is 3.85. The molecule has 5 aliphatic heterocycles. The average molecular weight is 802 g/mol. The Hall–Kier alpha value is -5.38. The van der Waals surface area contributed by atoms with E-state index in [1.54, 1.807) is 12.4 Å². The number of likely N-dealkylation sites (tertiary alicyclic amines) is 1. The second kappa shape index (κ2) is 16.7. The standard InChI is InChI=1S/C44H55N11O4/c1-29(2)59-33-6-8-37-36(25-33)41(49-48-37)38-26-40(46-28-45-38)54-22-16-51(17-23-54)15-14-50-12-10-31(11-13-50)27-52-18-20-53(21-19-52)32-5-7-34-35(24-32)44(58)55(43(34)57)39-9-4-30(3)47-42(39)56/h5-8,24-26,28-29,31,39H,3-4,9-23,27H2,1-2H3,(H,47,56)(H,48,49).